The maximum atomic E-state index is 12.2. The van der Waals surface area contributed by atoms with Gasteiger partial charge in [0.15, 0.2) is 10.8 Å². The fourth-order valence-corrected chi connectivity index (χ4v) is 3.18. The molecule has 4 nitrogen and oxygen atoms in total. The Bertz CT molecular complexity index is 848. The third-order valence-electron chi connectivity index (χ3n) is 3.68. The number of furan rings is 1. The number of hydrogen-bond acceptors (Lipinski definition) is 4. The lowest BCUT2D eigenvalue weighted by Gasteiger charge is -2.09. The van der Waals surface area contributed by atoms with Crippen LogP contribution >= 0.6 is 11.3 Å². The van der Waals surface area contributed by atoms with E-state index >= 15 is 0 Å². The van der Waals surface area contributed by atoms with Gasteiger partial charge in [-0.15, -0.1) is 11.3 Å². The normalized spacial score (nSPS) is 11.0. The van der Waals surface area contributed by atoms with Gasteiger partial charge >= 0.3 is 0 Å². The van der Waals surface area contributed by atoms with Crippen molar-refractivity contribution >= 4 is 22.9 Å². The second-order valence-electron chi connectivity index (χ2n) is 6.06. The number of hydrogen-bond donors (Lipinski definition) is 1. The summed E-state index contributed by atoms with van der Waals surface area (Å²) in [5.41, 5.74) is 2.78. The first-order valence-electron chi connectivity index (χ1n) is 7.92. The third kappa shape index (κ3) is 3.92. The summed E-state index contributed by atoms with van der Waals surface area (Å²) in [6.07, 6.45) is 0.252. The minimum atomic E-state index is -0.0663. The van der Waals surface area contributed by atoms with E-state index in [1.165, 1.54) is 16.9 Å². The zero-order valence-corrected chi connectivity index (χ0v) is 14.8. The molecule has 0 spiro atoms. The number of carbonyl (C=O) groups is 1. The first-order valence-corrected chi connectivity index (χ1v) is 8.80. The lowest BCUT2D eigenvalue weighted by molar-refractivity contribution is -0.115. The van der Waals surface area contributed by atoms with Crippen molar-refractivity contribution in [2.45, 2.75) is 33.1 Å². The summed E-state index contributed by atoms with van der Waals surface area (Å²) in [6.45, 7) is 6.17. The number of carbonyl (C=O) groups excluding carboxylic acids is 1. The molecule has 5 heteroatoms. The molecule has 0 saturated heterocycles. The van der Waals surface area contributed by atoms with E-state index in [-0.39, 0.29) is 12.3 Å². The van der Waals surface area contributed by atoms with Crippen LogP contribution in [-0.4, -0.2) is 10.9 Å². The summed E-state index contributed by atoms with van der Waals surface area (Å²) >= 11 is 1.49. The number of benzene rings is 1. The number of rotatable bonds is 5. The van der Waals surface area contributed by atoms with Gasteiger partial charge in [0.1, 0.15) is 5.76 Å². The molecule has 24 heavy (non-hydrogen) atoms. The number of aryl methyl sites for hydroxylation is 1. The SMILES string of the molecule is Cc1ccc(-c2nc(CC(=O)Nc3cccc(C(C)C)c3)cs2)o1. The molecule has 1 amide bonds. The van der Waals surface area contributed by atoms with Gasteiger partial charge in [-0.3, -0.25) is 4.79 Å². The number of nitrogens with zero attached hydrogens (tertiary/aromatic N) is 1. The highest BCUT2D eigenvalue weighted by molar-refractivity contribution is 7.13. The molecule has 0 unspecified atom stereocenters. The van der Waals surface area contributed by atoms with Crippen LogP contribution in [0.3, 0.4) is 0 Å². The number of amides is 1. The highest BCUT2D eigenvalue weighted by atomic mass is 32.1. The van der Waals surface area contributed by atoms with Gasteiger partial charge in [-0.2, -0.15) is 0 Å². The van der Waals surface area contributed by atoms with E-state index in [0.717, 1.165) is 27.9 Å². The summed E-state index contributed by atoms with van der Waals surface area (Å²) in [5.74, 6) is 1.96. The van der Waals surface area contributed by atoms with Crippen LogP contribution in [0.5, 0.6) is 0 Å². The summed E-state index contributed by atoms with van der Waals surface area (Å²) in [4.78, 5) is 16.7. The van der Waals surface area contributed by atoms with E-state index in [0.29, 0.717) is 5.92 Å². The van der Waals surface area contributed by atoms with Gasteiger partial charge in [0.05, 0.1) is 12.1 Å². The second-order valence-corrected chi connectivity index (χ2v) is 6.92. The van der Waals surface area contributed by atoms with Crippen molar-refractivity contribution in [2.24, 2.45) is 0 Å². The van der Waals surface area contributed by atoms with Crippen molar-refractivity contribution in [2.75, 3.05) is 5.32 Å². The van der Waals surface area contributed by atoms with Gasteiger partial charge < -0.3 is 9.73 Å². The quantitative estimate of drug-likeness (QED) is 0.710. The average Bonchev–Trinajstić information content (AvgIpc) is 3.16. The Morgan fingerprint density at radius 1 is 1.29 bits per heavy atom. The molecule has 124 valence electrons. The van der Waals surface area contributed by atoms with Gasteiger partial charge in [0, 0.05) is 11.1 Å². The first kappa shape index (κ1) is 16.5. The van der Waals surface area contributed by atoms with Crippen molar-refractivity contribution < 1.29 is 9.21 Å². The number of anilines is 1. The summed E-state index contributed by atoms with van der Waals surface area (Å²) < 4.78 is 5.57. The van der Waals surface area contributed by atoms with Crippen LogP contribution in [0.1, 0.15) is 36.8 Å². The molecule has 0 saturated carbocycles. The molecule has 1 aromatic carbocycles. The highest BCUT2D eigenvalue weighted by Gasteiger charge is 2.12. The standard InChI is InChI=1S/C19H20N2O2S/c1-12(2)14-5-4-6-15(9-14)20-18(22)10-16-11-24-19(21-16)17-8-7-13(3)23-17/h4-9,11-12H,10H2,1-3H3,(H,20,22). The Hall–Kier alpha value is -2.40. The largest absolute Gasteiger partial charge is 0.459 e. The van der Waals surface area contributed by atoms with Gasteiger partial charge in [0.2, 0.25) is 5.91 Å². The number of nitrogens with one attached hydrogen (secondary N) is 1. The summed E-state index contributed by atoms with van der Waals surface area (Å²) in [6, 6.07) is 11.8. The van der Waals surface area contributed by atoms with Crippen LogP contribution in [0.25, 0.3) is 10.8 Å². The van der Waals surface area contributed by atoms with Crippen LogP contribution in [0.2, 0.25) is 0 Å². The Morgan fingerprint density at radius 2 is 2.12 bits per heavy atom. The molecule has 0 fully saturated rings. The molecule has 2 aromatic heterocycles. The highest BCUT2D eigenvalue weighted by Crippen LogP contribution is 2.26. The molecule has 0 aliphatic carbocycles. The third-order valence-corrected chi connectivity index (χ3v) is 4.59. The molecule has 0 bridgehead atoms. The molecule has 3 aromatic rings. The lowest BCUT2D eigenvalue weighted by Crippen LogP contribution is -2.14. The van der Waals surface area contributed by atoms with Gasteiger partial charge in [-0.1, -0.05) is 26.0 Å². The maximum absolute atomic E-state index is 12.2. The van der Waals surface area contributed by atoms with Crippen molar-refractivity contribution in [3.8, 4) is 10.8 Å². The molecule has 2 heterocycles. The molecule has 1 N–H and O–H groups in total. The predicted molar refractivity (Wildman–Crippen MR) is 97.4 cm³/mol. The fourth-order valence-electron chi connectivity index (χ4n) is 2.40. The Morgan fingerprint density at radius 3 is 2.83 bits per heavy atom. The molecular formula is C19H20N2O2S. The number of thiazole rings is 1. The molecule has 0 aliphatic heterocycles. The monoisotopic (exact) mass is 340 g/mol. The van der Waals surface area contributed by atoms with E-state index in [9.17, 15) is 4.79 Å². The smallest absolute Gasteiger partial charge is 0.230 e. The van der Waals surface area contributed by atoms with Crippen molar-refractivity contribution in [1.29, 1.82) is 0 Å². The fraction of sp³-hybridized carbons (Fsp3) is 0.263. The molecule has 0 radical (unpaired) electrons. The van der Waals surface area contributed by atoms with E-state index in [4.69, 9.17) is 4.42 Å². The van der Waals surface area contributed by atoms with Crippen LogP contribution < -0.4 is 5.32 Å². The summed E-state index contributed by atoms with van der Waals surface area (Å²) in [7, 11) is 0. The molecule has 3 rings (SSSR count). The van der Waals surface area contributed by atoms with Crippen LogP contribution in [0.15, 0.2) is 46.2 Å². The van der Waals surface area contributed by atoms with E-state index in [2.05, 4.69) is 30.2 Å². The Labute approximate surface area is 145 Å². The average molecular weight is 340 g/mol. The van der Waals surface area contributed by atoms with Gasteiger partial charge in [-0.05, 0) is 42.7 Å². The Balaban J connectivity index is 1.65. The van der Waals surface area contributed by atoms with Crippen molar-refractivity contribution in [1.82, 2.24) is 4.98 Å². The van der Waals surface area contributed by atoms with Crippen molar-refractivity contribution in [3.05, 3.63) is 58.8 Å². The van der Waals surface area contributed by atoms with Crippen molar-refractivity contribution in [3.63, 3.8) is 0 Å². The molecular weight excluding hydrogens is 320 g/mol. The molecule has 0 aliphatic rings. The van der Waals surface area contributed by atoms with Crippen LogP contribution in [0.4, 0.5) is 5.69 Å². The Kier molecular flexibility index (Phi) is 4.81. The van der Waals surface area contributed by atoms with Gasteiger partial charge in [-0.25, -0.2) is 4.98 Å². The zero-order valence-electron chi connectivity index (χ0n) is 14.0. The summed E-state index contributed by atoms with van der Waals surface area (Å²) in [5, 5.41) is 5.64. The van der Waals surface area contributed by atoms with E-state index in [1.807, 2.05) is 42.6 Å². The van der Waals surface area contributed by atoms with Gasteiger partial charge in [0.25, 0.3) is 0 Å². The lowest BCUT2D eigenvalue weighted by atomic mass is 10.0. The predicted octanol–water partition coefficient (Wildman–Crippen LogP) is 5.02. The second kappa shape index (κ2) is 7.01. The minimum absolute atomic E-state index is 0.0663. The topological polar surface area (TPSA) is 55.1 Å². The first-order chi connectivity index (χ1) is 11.5. The minimum Gasteiger partial charge on any atom is -0.459 e. The number of aromatic nitrogens is 1. The molecule has 0 atom stereocenters. The van der Waals surface area contributed by atoms with E-state index < -0.39 is 0 Å². The zero-order chi connectivity index (χ0) is 17.1. The maximum Gasteiger partial charge on any atom is 0.230 e. The van der Waals surface area contributed by atoms with Crippen LogP contribution in [-0.2, 0) is 11.2 Å². The van der Waals surface area contributed by atoms with E-state index in [1.54, 1.807) is 0 Å². The van der Waals surface area contributed by atoms with Crippen LogP contribution in [0, 0.1) is 6.92 Å².